The van der Waals surface area contributed by atoms with E-state index in [1.807, 2.05) is 20.8 Å². The summed E-state index contributed by atoms with van der Waals surface area (Å²) in [5.74, 6) is -0.0221. The number of halogens is 3. The van der Waals surface area contributed by atoms with Crippen LogP contribution in [0.5, 0.6) is 0 Å². The van der Waals surface area contributed by atoms with Crippen LogP contribution in [-0.2, 0) is 22.6 Å². The number of aromatic nitrogens is 8. The topological polar surface area (TPSA) is 288 Å². The molecule has 4 rings (SSSR count). The van der Waals surface area contributed by atoms with E-state index in [1.54, 1.807) is 48.7 Å². The van der Waals surface area contributed by atoms with E-state index in [0.717, 1.165) is 18.8 Å². The predicted molar refractivity (Wildman–Crippen MR) is 202 cm³/mol. The number of nitrogens with one attached hydrogen (secondary N) is 3. The van der Waals surface area contributed by atoms with Gasteiger partial charge in [0.15, 0.2) is 0 Å². The van der Waals surface area contributed by atoms with Crippen LogP contribution in [0.4, 0.5) is 38.2 Å². The van der Waals surface area contributed by atoms with Crippen molar-refractivity contribution < 1.29 is 28.9 Å². The summed E-state index contributed by atoms with van der Waals surface area (Å²) >= 11 is 16.3. The fourth-order valence-electron chi connectivity index (χ4n) is 3.72. The average Bonchev–Trinajstić information content (AvgIpc) is 3.68. The lowest BCUT2D eigenvalue weighted by Gasteiger charge is -2.19. The van der Waals surface area contributed by atoms with Crippen LogP contribution in [0.25, 0.3) is 0 Å². The molecule has 0 atom stereocenters. The normalized spacial score (nSPS) is 10.9. The van der Waals surface area contributed by atoms with Gasteiger partial charge in [0.25, 0.3) is 0 Å². The van der Waals surface area contributed by atoms with Crippen LogP contribution in [0, 0.1) is 20.2 Å². The van der Waals surface area contributed by atoms with E-state index < -0.39 is 33.2 Å². The number of nitro groups is 2. The number of hydrogen-bond acceptors (Lipinski definition) is 16. The first kappa shape index (κ1) is 45.5. The highest BCUT2D eigenvalue weighted by Gasteiger charge is 2.19. The molecule has 4 aromatic heterocycles. The molecule has 25 heteroatoms. The van der Waals surface area contributed by atoms with Crippen molar-refractivity contribution in [3.63, 3.8) is 0 Å². The summed E-state index contributed by atoms with van der Waals surface area (Å²) in [5.41, 5.74) is 5.03. The van der Waals surface area contributed by atoms with Crippen LogP contribution in [0.15, 0.2) is 37.2 Å². The number of aryl methyl sites for hydroxylation is 2. The largest absolute Gasteiger partial charge is 0.444 e. The smallest absolute Gasteiger partial charge is 0.407 e. The Hall–Kier alpha value is -5.61. The summed E-state index contributed by atoms with van der Waals surface area (Å²) in [6, 6.07) is 0. The van der Waals surface area contributed by atoms with Gasteiger partial charge in [-0.25, -0.2) is 19.6 Å². The number of carbonyl (C=O) groups is 2. The first-order chi connectivity index (χ1) is 25.6. The van der Waals surface area contributed by atoms with Gasteiger partial charge >= 0.3 is 23.6 Å². The Bertz CT molecular complexity index is 1900. The Balaban J connectivity index is 0.000000317. The van der Waals surface area contributed by atoms with E-state index in [-0.39, 0.29) is 32.9 Å². The van der Waals surface area contributed by atoms with Crippen LogP contribution in [0.1, 0.15) is 54.4 Å². The Morgan fingerprint density at radius 2 is 1.24 bits per heavy atom. The van der Waals surface area contributed by atoms with Gasteiger partial charge in [0, 0.05) is 38.6 Å². The molecule has 0 spiro atoms. The molecule has 2 amide bonds. The molecule has 0 aliphatic carbocycles. The molecular formula is C30H41Cl3N14O8. The number of nitrogens with zero attached hydrogens (tertiary/aromatic N) is 10. The maximum absolute atomic E-state index is 11.5. The highest BCUT2D eigenvalue weighted by Crippen LogP contribution is 2.25. The molecule has 0 aliphatic heterocycles. The van der Waals surface area contributed by atoms with Gasteiger partial charge in [-0.1, -0.05) is 11.6 Å². The Labute approximate surface area is 329 Å². The standard InChI is InChI=1S/C15H20ClN7O4.C11H20N4O2.C4HCl2N3O2/c1-15(2,3)27-14(24)17-5-4-6-22-9-10(7-19-22)20-12-11(23(25)26)8-18-13(16)21-12;1-11(2,3)17-10(16)13-5-4-6-15-8-9(12)7-14-15;5-3-2(9(10)11)1-7-4(6)8-3/h7-9H,4-6H2,1-3H3,(H,17,24)(H,18,20,21);7-8H,4-6,12H2,1-3H3,(H,13,16);1H. The molecule has 4 aromatic rings. The second-order valence-electron chi connectivity index (χ2n) is 12.9. The number of nitrogen functional groups attached to an aromatic ring is 1. The highest BCUT2D eigenvalue weighted by atomic mass is 35.5. The maximum Gasteiger partial charge on any atom is 0.407 e. The van der Waals surface area contributed by atoms with Crippen molar-refractivity contribution in [1.29, 1.82) is 0 Å². The van der Waals surface area contributed by atoms with Crippen LogP contribution < -0.4 is 21.7 Å². The van der Waals surface area contributed by atoms with Gasteiger partial charge in [0.2, 0.25) is 21.5 Å². The van der Waals surface area contributed by atoms with Crippen molar-refractivity contribution in [1.82, 2.24) is 50.1 Å². The summed E-state index contributed by atoms with van der Waals surface area (Å²) in [4.78, 5) is 56.9. The van der Waals surface area contributed by atoms with Crippen LogP contribution in [0.2, 0.25) is 15.7 Å². The lowest BCUT2D eigenvalue weighted by molar-refractivity contribution is -0.385. The molecule has 22 nitrogen and oxygen atoms in total. The number of anilines is 3. The molecule has 0 radical (unpaired) electrons. The second-order valence-corrected chi connectivity index (χ2v) is 14.0. The van der Waals surface area contributed by atoms with Crippen molar-refractivity contribution in [2.24, 2.45) is 0 Å². The Kier molecular flexibility index (Phi) is 17.7. The van der Waals surface area contributed by atoms with E-state index in [4.69, 9.17) is 50.0 Å². The molecule has 0 fully saturated rings. The summed E-state index contributed by atoms with van der Waals surface area (Å²) in [7, 11) is 0. The summed E-state index contributed by atoms with van der Waals surface area (Å²) in [6.07, 6.45) is 9.04. The second kappa shape index (κ2) is 21.3. The molecule has 0 aliphatic rings. The van der Waals surface area contributed by atoms with Crippen LogP contribution in [-0.4, -0.2) is 85.8 Å². The summed E-state index contributed by atoms with van der Waals surface area (Å²) in [6.45, 7) is 13.1. The Morgan fingerprint density at radius 1 is 0.764 bits per heavy atom. The molecular weight excluding hydrogens is 791 g/mol. The van der Waals surface area contributed by atoms with E-state index >= 15 is 0 Å². The highest BCUT2D eigenvalue weighted by molar-refractivity contribution is 6.33. The molecule has 0 aromatic carbocycles. The fourth-order valence-corrected chi connectivity index (χ4v) is 4.22. The molecule has 4 heterocycles. The third-order valence-electron chi connectivity index (χ3n) is 5.84. The van der Waals surface area contributed by atoms with E-state index in [1.165, 1.54) is 6.20 Å². The van der Waals surface area contributed by atoms with Gasteiger partial charge in [-0.15, -0.1) is 0 Å². The maximum atomic E-state index is 11.5. The third-order valence-corrected chi connectivity index (χ3v) is 6.48. The van der Waals surface area contributed by atoms with Crippen LogP contribution >= 0.6 is 34.8 Å². The van der Waals surface area contributed by atoms with Gasteiger partial charge < -0.3 is 31.2 Å². The molecule has 0 saturated carbocycles. The van der Waals surface area contributed by atoms with Crippen molar-refractivity contribution in [2.75, 3.05) is 24.1 Å². The number of rotatable bonds is 12. The van der Waals surface area contributed by atoms with Gasteiger partial charge in [0.05, 0.1) is 33.6 Å². The molecule has 0 bridgehead atoms. The van der Waals surface area contributed by atoms with Crippen molar-refractivity contribution in [3.05, 3.63) is 73.1 Å². The van der Waals surface area contributed by atoms with Gasteiger partial charge in [-0.3, -0.25) is 29.6 Å². The number of alkyl carbamates (subject to hydrolysis) is 2. The summed E-state index contributed by atoms with van der Waals surface area (Å²) < 4.78 is 13.6. The minimum absolute atomic E-state index is 0.0221. The average molecular weight is 832 g/mol. The number of ether oxygens (including phenoxy) is 2. The van der Waals surface area contributed by atoms with Gasteiger partial charge in [0.1, 0.15) is 23.6 Å². The number of nitrogens with two attached hydrogens (primary N) is 1. The van der Waals surface area contributed by atoms with Crippen molar-refractivity contribution >= 4 is 75.6 Å². The van der Waals surface area contributed by atoms with Crippen molar-refractivity contribution in [3.8, 4) is 0 Å². The molecule has 5 N–H and O–H groups in total. The quantitative estimate of drug-likeness (QED) is 0.0421. The van der Waals surface area contributed by atoms with E-state index in [2.05, 4.69) is 46.1 Å². The molecule has 55 heavy (non-hydrogen) atoms. The van der Waals surface area contributed by atoms with Gasteiger partial charge in [-0.05, 0) is 77.6 Å². The third kappa shape index (κ3) is 18.8. The zero-order valence-electron chi connectivity index (χ0n) is 30.7. The van der Waals surface area contributed by atoms with Crippen molar-refractivity contribution in [2.45, 2.75) is 78.7 Å². The number of amides is 2. The molecule has 0 saturated heterocycles. The summed E-state index contributed by atoms with van der Waals surface area (Å²) in [5, 5.41) is 37.0. The predicted octanol–water partition coefficient (Wildman–Crippen LogP) is 5.96. The molecule has 0 unspecified atom stereocenters. The SMILES string of the molecule is CC(C)(C)OC(=O)NCCCn1cc(N)cn1.CC(C)(C)OC(=O)NCCCn1cc(Nc2nc(Cl)ncc2[N+](=O)[O-])cn1.O=[N+]([O-])c1cnc(Cl)nc1Cl. The van der Waals surface area contributed by atoms with E-state index in [9.17, 15) is 29.8 Å². The zero-order chi connectivity index (χ0) is 41.3. The lowest BCUT2D eigenvalue weighted by Crippen LogP contribution is -2.33. The fraction of sp³-hybridized carbons (Fsp3) is 0.467. The lowest BCUT2D eigenvalue weighted by atomic mass is 10.2. The minimum Gasteiger partial charge on any atom is -0.444 e. The monoisotopic (exact) mass is 830 g/mol. The number of carbonyl (C=O) groups excluding carboxylic acids is 2. The molecule has 300 valence electrons. The first-order valence-electron chi connectivity index (χ1n) is 16.1. The zero-order valence-corrected chi connectivity index (χ0v) is 32.9. The minimum atomic E-state index is -0.682. The Morgan fingerprint density at radius 3 is 1.69 bits per heavy atom. The number of hydrogen-bond donors (Lipinski definition) is 4. The first-order valence-corrected chi connectivity index (χ1v) is 17.3. The van der Waals surface area contributed by atoms with Crippen LogP contribution in [0.3, 0.4) is 0 Å². The van der Waals surface area contributed by atoms with Gasteiger partial charge in [-0.2, -0.15) is 20.2 Å². The van der Waals surface area contributed by atoms with E-state index in [0.29, 0.717) is 44.0 Å².